The molecule has 0 amide bonds. The lowest BCUT2D eigenvalue weighted by molar-refractivity contribution is 0.597. The van der Waals surface area contributed by atoms with Gasteiger partial charge >= 0.3 is 0 Å². The van der Waals surface area contributed by atoms with Crippen LogP contribution in [-0.2, 0) is 6.42 Å². The van der Waals surface area contributed by atoms with E-state index < -0.39 is 0 Å². The van der Waals surface area contributed by atoms with Crippen LogP contribution >= 0.6 is 28.6 Å². The third-order valence-corrected chi connectivity index (χ3v) is 2.90. The second-order valence-corrected chi connectivity index (χ2v) is 4.68. The Balaban J connectivity index is 2.33. The molecule has 0 spiro atoms. The van der Waals surface area contributed by atoms with E-state index in [9.17, 15) is 4.39 Å². The fourth-order valence-electron chi connectivity index (χ4n) is 1.29. The zero-order chi connectivity index (χ0) is 11.1. The van der Waals surface area contributed by atoms with Crippen LogP contribution in [0.1, 0.15) is 12.0 Å². The molecule has 0 saturated carbocycles. The summed E-state index contributed by atoms with van der Waals surface area (Å²) >= 11 is 7.45. The highest BCUT2D eigenvalue weighted by Gasteiger charge is 2.01. The molecular formula is C11H15BrFNS. The Morgan fingerprint density at radius 1 is 1.33 bits per heavy atom. The van der Waals surface area contributed by atoms with Crippen LogP contribution in [0.15, 0.2) is 22.7 Å². The second-order valence-electron chi connectivity index (χ2n) is 3.31. The van der Waals surface area contributed by atoms with E-state index in [0.29, 0.717) is 0 Å². The normalized spacial score (nSPS) is 10.6. The van der Waals surface area contributed by atoms with Crippen LogP contribution in [-0.4, -0.2) is 18.8 Å². The van der Waals surface area contributed by atoms with Crippen molar-refractivity contribution in [1.82, 2.24) is 5.32 Å². The average molecular weight is 292 g/mol. The van der Waals surface area contributed by atoms with E-state index in [2.05, 4.69) is 33.9 Å². The summed E-state index contributed by atoms with van der Waals surface area (Å²) in [7, 11) is 0. The van der Waals surface area contributed by atoms with E-state index >= 15 is 0 Å². The predicted molar refractivity (Wildman–Crippen MR) is 69.1 cm³/mol. The predicted octanol–water partition coefficient (Wildman–Crippen LogP) is 3.04. The average Bonchev–Trinajstić information content (AvgIpc) is 2.23. The van der Waals surface area contributed by atoms with Gasteiger partial charge in [-0.3, -0.25) is 0 Å². The molecule has 0 aliphatic rings. The maximum absolute atomic E-state index is 13.3. The monoisotopic (exact) mass is 291 g/mol. The largest absolute Gasteiger partial charge is 0.316 e. The van der Waals surface area contributed by atoms with E-state index in [0.717, 1.165) is 41.7 Å². The molecule has 1 aromatic carbocycles. The molecule has 0 radical (unpaired) electrons. The van der Waals surface area contributed by atoms with E-state index in [1.165, 1.54) is 6.07 Å². The van der Waals surface area contributed by atoms with E-state index in [1.807, 2.05) is 6.07 Å². The molecule has 0 bridgehead atoms. The molecule has 0 atom stereocenters. The number of nitrogens with one attached hydrogen (secondary N) is 1. The molecule has 0 aliphatic heterocycles. The molecule has 1 nitrogen and oxygen atoms in total. The summed E-state index contributed by atoms with van der Waals surface area (Å²) in [6.07, 6.45) is 1.77. The first-order chi connectivity index (χ1) is 7.24. The van der Waals surface area contributed by atoms with Gasteiger partial charge in [0.15, 0.2) is 0 Å². The van der Waals surface area contributed by atoms with Gasteiger partial charge in [0.25, 0.3) is 0 Å². The number of hydrogen-bond donors (Lipinski definition) is 2. The Bertz CT molecular complexity index is 307. The van der Waals surface area contributed by atoms with Crippen LogP contribution < -0.4 is 5.32 Å². The smallest absolute Gasteiger partial charge is 0.126 e. The summed E-state index contributed by atoms with van der Waals surface area (Å²) in [5.41, 5.74) is 0.753. The maximum atomic E-state index is 13.3. The lowest BCUT2D eigenvalue weighted by atomic mass is 10.1. The molecule has 1 aromatic rings. The number of thiol groups is 1. The van der Waals surface area contributed by atoms with Crippen molar-refractivity contribution in [3.8, 4) is 0 Å². The van der Waals surface area contributed by atoms with Crippen molar-refractivity contribution in [3.05, 3.63) is 34.1 Å². The van der Waals surface area contributed by atoms with Crippen LogP contribution in [0.5, 0.6) is 0 Å². The Labute approximate surface area is 104 Å². The van der Waals surface area contributed by atoms with Gasteiger partial charge in [-0.05, 0) is 55.4 Å². The standard InChI is InChI=1S/C11H15BrFNS/c12-10-2-3-11(13)9(8-10)4-6-14-5-1-7-15/h2-3,8,14-15H,1,4-7H2. The molecule has 0 saturated heterocycles. The highest BCUT2D eigenvalue weighted by Crippen LogP contribution is 2.15. The zero-order valence-corrected chi connectivity index (χ0v) is 11.0. The quantitative estimate of drug-likeness (QED) is 0.606. The van der Waals surface area contributed by atoms with Gasteiger partial charge in [-0.25, -0.2) is 4.39 Å². The zero-order valence-electron chi connectivity index (χ0n) is 8.47. The van der Waals surface area contributed by atoms with Gasteiger partial charge in [0.2, 0.25) is 0 Å². The summed E-state index contributed by atoms with van der Waals surface area (Å²) in [4.78, 5) is 0. The molecular weight excluding hydrogens is 277 g/mol. The first kappa shape index (κ1) is 13.0. The van der Waals surface area contributed by atoms with Crippen molar-refractivity contribution in [2.24, 2.45) is 0 Å². The van der Waals surface area contributed by atoms with Gasteiger partial charge in [0.05, 0.1) is 0 Å². The van der Waals surface area contributed by atoms with Crippen molar-refractivity contribution in [2.45, 2.75) is 12.8 Å². The molecule has 4 heteroatoms. The fourth-order valence-corrected chi connectivity index (χ4v) is 1.85. The lowest BCUT2D eigenvalue weighted by Gasteiger charge is -2.05. The van der Waals surface area contributed by atoms with Gasteiger partial charge in [-0.1, -0.05) is 15.9 Å². The molecule has 15 heavy (non-hydrogen) atoms. The van der Waals surface area contributed by atoms with Crippen LogP contribution in [0.4, 0.5) is 4.39 Å². The molecule has 0 aliphatic carbocycles. The minimum absolute atomic E-state index is 0.130. The molecule has 1 N–H and O–H groups in total. The SMILES string of the molecule is Fc1ccc(Br)cc1CCNCCCS. The number of hydrogen-bond acceptors (Lipinski definition) is 2. The van der Waals surface area contributed by atoms with Crippen LogP contribution in [0.2, 0.25) is 0 Å². The van der Waals surface area contributed by atoms with Crippen molar-refractivity contribution in [1.29, 1.82) is 0 Å². The molecule has 0 fully saturated rings. The van der Waals surface area contributed by atoms with E-state index in [-0.39, 0.29) is 5.82 Å². The molecule has 1 rings (SSSR count). The first-order valence-corrected chi connectivity index (χ1v) is 6.42. The summed E-state index contributed by atoms with van der Waals surface area (Å²) in [6.45, 7) is 1.75. The van der Waals surface area contributed by atoms with Gasteiger partial charge in [-0.2, -0.15) is 12.6 Å². The third kappa shape index (κ3) is 5.00. The Kier molecular flexibility index (Phi) is 6.29. The highest BCUT2D eigenvalue weighted by molar-refractivity contribution is 9.10. The maximum Gasteiger partial charge on any atom is 0.126 e. The molecule has 0 heterocycles. The van der Waals surface area contributed by atoms with Crippen LogP contribution in [0.3, 0.4) is 0 Å². The Morgan fingerprint density at radius 2 is 2.13 bits per heavy atom. The molecule has 0 unspecified atom stereocenters. The minimum Gasteiger partial charge on any atom is -0.316 e. The highest BCUT2D eigenvalue weighted by atomic mass is 79.9. The van der Waals surface area contributed by atoms with Crippen molar-refractivity contribution in [3.63, 3.8) is 0 Å². The van der Waals surface area contributed by atoms with E-state index in [4.69, 9.17) is 0 Å². The van der Waals surface area contributed by atoms with Crippen LogP contribution in [0, 0.1) is 5.82 Å². The Hall–Kier alpha value is -0.0600. The minimum atomic E-state index is -0.130. The summed E-state index contributed by atoms with van der Waals surface area (Å²) in [5.74, 6) is 0.757. The van der Waals surface area contributed by atoms with Gasteiger partial charge < -0.3 is 5.32 Å². The second kappa shape index (κ2) is 7.25. The molecule has 84 valence electrons. The summed E-state index contributed by atoms with van der Waals surface area (Å²) < 4.78 is 14.2. The molecule has 0 aromatic heterocycles. The van der Waals surface area contributed by atoms with Crippen LogP contribution in [0.25, 0.3) is 0 Å². The van der Waals surface area contributed by atoms with Gasteiger partial charge in [0, 0.05) is 4.47 Å². The number of halogens is 2. The summed E-state index contributed by atoms with van der Waals surface area (Å²) in [5, 5.41) is 3.25. The third-order valence-electron chi connectivity index (χ3n) is 2.09. The van der Waals surface area contributed by atoms with Gasteiger partial charge in [0.1, 0.15) is 5.82 Å². The first-order valence-electron chi connectivity index (χ1n) is 4.99. The lowest BCUT2D eigenvalue weighted by Crippen LogP contribution is -2.19. The number of rotatable bonds is 6. The van der Waals surface area contributed by atoms with Crippen molar-refractivity contribution < 1.29 is 4.39 Å². The summed E-state index contributed by atoms with van der Waals surface area (Å²) in [6, 6.07) is 5.04. The fraction of sp³-hybridized carbons (Fsp3) is 0.455. The van der Waals surface area contributed by atoms with Gasteiger partial charge in [-0.15, -0.1) is 0 Å². The van der Waals surface area contributed by atoms with Crippen molar-refractivity contribution >= 4 is 28.6 Å². The van der Waals surface area contributed by atoms with E-state index in [1.54, 1.807) is 6.07 Å². The van der Waals surface area contributed by atoms with Crippen molar-refractivity contribution in [2.75, 3.05) is 18.8 Å². The topological polar surface area (TPSA) is 12.0 Å². The number of benzene rings is 1. The Morgan fingerprint density at radius 3 is 2.87 bits per heavy atom.